The van der Waals surface area contributed by atoms with Gasteiger partial charge in [0.2, 0.25) is 10.0 Å². The molecule has 5 atom stereocenters. The largest absolute Gasteiger partial charge is 0.390 e. The first-order valence-electron chi connectivity index (χ1n) is 14.8. The SMILES string of the molecule is Cc1ccc(S(=O)(=O)N2CCN(C(=O)[C@H](O)[C@@H](O)[C@H](OCc3ccccc3)[C@@](O)(COCc3ccccc3)[C@@H](C)O)CC2)cc1. The van der Waals surface area contributed by atoms with Crippen LogP contribution in [0.2, 0.25) is 0 Å². The molecule has 244 valence electrons. The Kier molecular flexibility index (Phi) is 11.9. The minimum Gasteiger partial charge on any atom is -0.390 e. The summed E-state index contributed by atoms with van der Waals surface area (Å²) in [6.45, 7) is 2.60. The average molecular weight is 643 g/mol. The van der Waals surface area contributed by atoms with Gasteiger partial charge in [0.1, 0.15) is 17.8 Å². The summed E-state index contributed by atoms with van der Waals surface area (Å²) in [6, 6.07) is 24.6. The second-order valence-corrected chi connectivity index (χ2v) is 13.3. The maximum Gasteiger partial charge on any atom is 0.254 e. The van der Waals surface area contributed by atoms with Gasteiger partial charge >= 0.3 is 0 Å². The molecule has 1 aliphatic heterocycles. The van der Waals surface area contributed by atoms with E-state index in [1.54, 1.807) is 36.4 Å². The van der Waals surface area contributed by atoms with Crippen molar-refractivity contribution in [2.45, 2.75) is 62.0 Å². The van der Waals surface area contributed by atoms with Gasteiger partial charge in [-0.1, -0.05) is 78.4 Å². The Morgan fingerprint density at radius 1 is 0.844 bits per heavy atom. The number of aryl methyl sites for hydroxylation is 1. The second-order valence-electron chi connectivity index (χ2n) is 11.3. The monoisotopic (exact) mass is 642 g/mol. The lowest BCUT2D eigenvalue weighted by Crippen LogP contribution is -2.64. The molecule has 1 amide bonds. The zero-order valence-corrected chi connectivity index (χ0v) is 26.3. The number of hydrogen-bond acceptors (Lipinski definition) is 9. The summed E-state index contributed by atoms with van der Waals surface area (Å²) in [7, 11) is -3.78. The molecule has 0 spiro atoms. The van der Waals surface area contributed by atoms with E-state index in [1.165, 1.54) is 28.3 Å². The van der Waals surface area contributed by atoms with Gasteiger partial charge in [-0.15, -0.1) is 0 Å². The highest BCUT2D eigenvalue weighted by atomic mass is 32.2. The van der Waals surface area contributed by atoms with Crippen LogP contribution in [0.5, 0.6) is 0 Å². The normalized spacial score (nSPS) is 18.5. The van der Waals surface area contributed by atoms with Gasteiger partial charge in [0.25, 0.3) is 5.91 Å². The van der Waals surface area contributed by atoms with E-state index in [0.717, 1.165) is 11.1 Å². The Hall–Kier alpha value is -3.20. The predicted octanol–water partition coefficient (Wildman–Crippen LogP) is 1.46. The number of amides is 1. The number of nitrogens with zero attached hydrogens (tertiary/aromatic N) is 2. The van der Waals surface area contributed by atoms with Gasteiger partial charge in [-0.2, -0.15) is 4.31 Å². The van der Waals surface area contributed by atoms with Gasteiger partial charge in [0.05, 0.1) is 30.8 Å². The third kappa shape index (κ3) is 8.54. The number of rotatable bonds is 14. The Balaban J connectivity index is 1.47. The van der Waals surface area contributed by atoms with Gasteiger partial charge in [-0.05, 0) is 37.1 Å². The summed E-state index contributed by atoms with van der Waals surface area (Å²) in [5, 5.41) is 44.9. The standard InChI is InChI=1S/C33H42N2O9S/c1-24-13-15-28(16-14-24)45(41,42)35-19-17-34(18-20-35)32(39)30(38)29(37)31(44-22-27-11-7-4-8-12-27)33(40,25(2)36)23-43-21-26-9-5-3-6-10-26/h3-16,25,29-31,36-38,40H,17-23H2,1-2H3/t25-,29-,30-,31+,33-/m1/s1. The molecule has 1 heterocycles. The molecule has 4 rings (SSSR count). The van der Waals surface area contributed by atoms with Crippen molar-refractivity contribution in [1.29, 1.82) is 0 Å². The third-order valence-electron chi connectivity index (χ3n) is 8.03. The van der Waals surface area contributed by atoms with Crippen LogP contribution in [0.3, 0.4) is 0 Å². The van der Waals surface area contributed by atoms with E-state index in [-0.39, 0.29) is 44.3 Å². The molecule has 1 saturated heterocycles. The van der Waals surface area contributed by atoms with Crippen molar-refractivity contribution in [1.82, 2.24) is 9.21 Å². The number of benzene rings is 3. The number of aliphatic hydroxyl groups excluding tert-OH is 3. The molecule has 11 nitrogen and oxygen atoms in total. The Morgan fingerprint density at radius 2 is 1.38 bits per heavy atom. The minimum atomic E-state index is -3.78. The lowest BCUT2D eigenvalue weighted by atomic mass is 9.85. The number of hydrogen-bond donors (Lipinski definition) is 4. The van der Waals surface area contributed by atoms with Gasteiger partial charge in [0.15, 0.2) is 6.10 Å². The first kappa shape index (κ1) is 34.7. The lowest BCUT2D eigenvalue weighted by molar-refractivity contribution is -0.232. The van der Waals surface area contributed by atoms with E-state index in [4.69, 9.17) is 9.47 Å². The van der Waals surface area contributed by atoms with E-state index in [9.17, 15) is 33.6 Å². The van der Waals surface area contributed by atoms with Crippen LogP contribution in [0.15, 0.2) is 89.8 Å². The van der Waals surface area contributed by atoms with Gasteiger partial charge in [0, 0.05) is 26.2 Å². The molecular weight excluding hydrogens is 600 g/mol. The number of carbonyl (C=O) groups is 1. The van der Waals surface area contributed by atoms with Crippen LogP contribution in [0, 0.1) is 6.92 Å². The molecule has 0 unspecified atom stereocenters. The van der Waals surface area contributed by atoms with Crippen LogP contribution in [-0.2, 0) is 37.5 Å². The van der Waals surface area contributed by atoms with Crippen molar-refractivity contribution in [2.75, 3.05) is 32.8 Å². The van der Waals surface area contributed by atoms with Crippen molar-refractivity contribution in [3.05, 3.63) is 102 Å². The summed E-state index contributed by atoms with van der Waals surface area (Å²) in [6.07, 6.45) is -7.18. The second kappa shape index (κ2) is 15.4. The maximum absolute atomic E-state index is 13.4. The van der Waals surface area contributed by atoms with Crippen molar-refractivity contribution in [3.63, 3.8) is 0 Å². The highest BCUT2D eigenvalue weighted by molar-refractivity contribution is 7.89. The van der Waals surface area contributed by atoms with Crippen LogP contribution < -0.4 is 0 Å². The first-order chi connectivity index (χ1) is 21.4. The van der Waals surface area contributed by atoms with Crippen molar-refractivity contribution in [2.24, 2.45) is 0 Å². The van der Waals surface area contributed by atoms with Crippen molar-refractivity contribution in [3.8, 4) is 0 Å². The van der Waals surface area contributed by atoms with E-state index in [2.05, 4.69) is 0 Å². The number of carbonyl (C=O) groups excluding carboxylic acids is 1. The van der Waals surface area contributed by atoms with Crippen LogP contribution in [0.1, 0.15) is 23.6 Å². The zero-order valence-electron chi connectivity index (χ0n) is 25.5. The zero-order chi connectivity index (χ0) is 32.6. The van der Waals surface area contributed by atoms with Crippen molar-refractivity contribution >= 4 is 15.9 Å². The fourth-order valence-electron chi connectivity index (χ4n) is 5.15. The van der Waals surface area contributed by atoms with E-state index in [0.29, 0.717) is 5.56 Å². The summed E-state index contributed by atoms with van der Waals surface area (Å²) >= 11 is 0. The minimum absolute atomic E-state index is 0.0103. The maximum atomic E-state index is 13.4. The summed E-state index contributed by atoms with van der Waals surface area (Å²) in [4.78, 5) is 14.8. The molecule has 1 fully saturated rings. The van der Waals surface area contributed by atoms with Crippen molar-refractivity contribution < 1.29 is 43.1 Å². The molecule has 0 aliphatic carbocycles. The molecule has 4 N–H and O–H groups in total. The molecule has 0 saturated carbocycles. The van der Waals surface area contributed by atoms with Crippen LogP contribution in [0.25, 0.3) is 0 Å². The van der Waals surface area contributed by atoms with Crippen LogP contribution in [-0.4, -0.2) is 107 Å². The Labute approximate surface area is 264 Å². The quantitative estimate of drug-likeness (QED) is 0.204. The Morgan fingerprint density at radius 3 is 1.91 bits per heavy atom. The highest BCUT2D eigenvalue weighted by Gasteiger charge is 2.50. The smallest absolute Gasteiger partial charge is 0.254 e. The van der Waals surface area contributed by atoms with Crippen LogP contribution >= 0.6 is 0 Å². The molecule has 3 aromatic carbocycles. The first-order valence-corrected chi connectivity index (χ1v) is 16.3. The molecule has 0 bridgehead atoms. The molecule has 0 aromatic heterocycles. The third-order valence-corrected chi connectivity index (χ3v) is 9.94. The molecule has 12 heteroatoms. The summed E-state index contributed by atoms with van der Waals surface area (Å²) in [5.41, 5.74) is 0.199. The molecular formula is C33H42N2O9S. The predicted molar refractivity (Wildman–Crippen MR) is 166 cm³/mol. The van der Waals surface area contributed by atoms with Gasteiger partial charge in [-0.3, -0.25) is 4.79 Å². The molecule has 0 radical (unpaired) electrons. The number of aliphatic hydroxyl groups is 4. The van der Waals surface area contributed by atoms with E-state index >= 15 is 0 Å². The highest BCUT2D eigenvalue weighted by Crippen LogP contribution is 2.27. The van der Waals surface area contributed by atoms with Gasteiger partial charge in [-0.25, -0.2) is 8.42 Å². The van der Waals surface area contributed by atoms with E-state index in [1.807, 2.05) is 43.3 Å². The van der Waals surface area contributed by atoms with Crippen LogP contribution in [0.4, 0.5) is 0 Å². The lowest BCUT2D eigenvalue weighted by Gasteiger charge is -2.42. The number of sulfonamides is 1. The van der Waals surface area contributed by atoms with E-state index < -0.39 is 52.6 Å². The summed E-state index contributed by atoms with van der Waals surface area (Å²) in [5.74, 6) is -0.860. The Bertz CT molecular complexity index is 1470. The fraction of sp³-hybridized carbons (Fsp3) is 0.424. The molecule has 45 heavy (non-hydrogen) atoms. The van der Waals surface area contributed by atoms with Gasteiger partial charge < -0.3 is 34.8 Å². The number of ether oxygens (including phenoxy) is 2. The fourth-order valence-corrected chi connectivity index (χ4v) is 6.57. The topological polar surface area (TPSA) is 157 Å². The molecule has 1 aliphatic rings. The average Bonchev–Trinajstić information content (AvgIpc) is 3.05. The summed E-state index contributed by atoms with van der Waals surface area (Å²) < 4.78 is 39.1. The number of piperazine rings is 1. The molecule has 3 aromatic rings.